The Balaban J connectivity index is 1.75. The SMILES string of the molecule is CNC(Cc1ccc(F)cc1C)C1Cc2ccccc2C1. The second-order valence-electron chi connectivity index (χ2n) is 6.11. The molecule has 1 unspecified atom stereocenters. The molecule has 1 atom stereocenters. The highest BCUT2D eigenvalue weighted by molar-refractivity contribution is 5.33. The van der Waals surface area contributed by atoms with E-state index in [0.29, 0.717) is 12.0 Å². The number of benzene rings is 2. The van der Waals surface area contributed by atoms with Crippen molar-refractivity contribution in [3.63, 3.8) is 0 Å². The maximum absolute atomic E-state index is 13.2. The Kier molecular flexibility index (Phi) is 4.07. The van der Waals surface area contributed by atoms with Gasteiger partial charge < -0.3 is 5.32 Å². The van der Waals surface area contributed by atoms with Gasteiger partial charge in [0.15, 0.2) is 0 Å². The number of halogens is 1. The summed E-state index contributed by atoms with van der Waals surface area (Å²) in [6.07, 6.45) is 3.24. The third kappa shape index (κ3) is 3.01. The van der Waals surface area contributed by atoms with Gasteiger partial charge in [-0.3, -0.25) is 0 Å². The molecule has 0 aromatic heterocycles. The van der Waals surface area contributed by atoms with Gasteiger partial charge in [-0.2, -0.15) is 0 Å². The molecule has 21 heavy (non-hydrogen) atoms. The van der Waals surface area contributed by atoms with Crippen LogP contribution in [-0.2, 0) is 19.3 Å². The Morgan fingerprint density at radius 1 is 1.14 bits per heavy atom. The van der Waals surface area contributed by atoms with E-state index < -0.39 is 0 Å². The second-order valence-corrected chi connectivity index (χ2v) is 6.11. The van der Waals surface area contributed by atoms with E-state index in [1.54, 1.807) is 12.1 Å². The first-order valence-corrected chi connectivity index (χ1v) is 7.66. The Hall–Kier alpha value is -1.67. The zero-order chi connectivity index (χ0) is 14.8. The first kappa shape index (κ1) is 14.3. The van der Waals surface area contributed by atoms with Crippen molar-refractivity contribution in [1.29, 1.82) is 0 Å². The van der Waals surface area contributed by atoms with Crippen LogP contribution in [0.3, 0.4) is 0 Å². The summed E-state index contributed by atoms with van der Waals surface area (Å²) in [5.74, 6) is 0.474. The summed E-state index contributed by atoms with van der Waals surface area (Å²) < 4.78 is 13.2. The number of hydrogen-bond acceptors (Lipinski definition) is 1. The van der Waals surface area contributed by atoms with Gasteiger partial charge in [0.25, 0.3) is 0 Å². The fourth-order valence-corrected chi connectivity index (χ4v) is 3.51. The third-order valence-corrected chi connectivity index (χ3v) is 4.77. The van der Waals surface area contributed by atoms with E-state index in [0.717, 1.165) is 24.8 Å². The summed E-state index contributed by atoms with van der Waals surface area (Å²) in [4.78, 5) is 0. The molecule has 1 N–H and O–H groups in total. The van der Waals surface area contributed by atoms with Gasteiger partial charge in [0.1, 0.15) is 5.82 Å². The van der Waals surface area contributed by atoms with E-state index in [4.69, 9.17) is 0 Å². The molecule has 2 heteroatoms. The number of nitrogens with one attached hydrogen (secondary N) is 1. The lowest BCUT2D eigenvalue weighted by Crippen LogP contribution is -2.36. The van der Waals surface area contributed by atoms with Crippen LogP contribution in [0.15, 0.2) is 42.5 Å². The zero-order valence-electron chi connectivity index (χ0n) is 12.7. The van der Waals surface area contributed by atoms with E-state index in [9.17, 15) is 4.39 Å². The first-order chi connectivity index (χ1) is 10.2. The molecule has 3 rings (SSSR count). The van der Waals surface area contributed by atoms with Crippen LogP contribution in [0.4, 0.5) is 4.39 Å². The standard InChI is InChI=1S/C19H22FN/c1-13-9-18(20)8-7-14(13)12-19(21-2)17-10-15-5-3-4-6-16(15)11-17/h3-9,17,19,21H,10-12H2,1-2H3. The minimum Gasteiger partial charge on any atom is -0.316 e. The maximum atomic E-state index is 13.2. The lowest BCUT2D eigenvalue weighted by molar-refractivity contribution is 0.382. The average molecular weight is 283 g/mol. The highest BCUT2D eigenvalue weighted by Crippen LogP contribution is 2.30. The predicted molar refractivity (Wildman–Crippen MR) is 85.0 cm³/mol. The minimum absolute atomic E-state index is 0.148. The third-order valence-electron chi connectivity index (χ3n) is 4.77. The second kappa shape index (κ2) is 5.98. The Bertz CT molecular complexity index is 610. The molecule has 0 heterocycles. The van der Waals surface area contributed by atoms with Crippen molar-refractivity contribution in [2.45, 2.75) is 32.2 Å². The smallest absolute Gasteiger partial charge is 0.123 e. The Labute approximate surface area is 126 Å². The van der Waals surface area contributed by atoms with Gasteiger partial charge in [-0.05, 0) is 73.5 Å². The Morgan fingerprint density at radius 2 is 1.81 bits per heavy atom. The van der Waals surface area contributed by atoms with Gasteiger partial charge in [-0.15, -0.1) is 0 Å². The van der Waals surface area contributed by atoms with Crippen molar-refractivity contribution in [1.82, 2.24) is 5.32 Å². The van der Waals surface area contributed by atoms with E-state index in [-0.39, 0.29) is 5.82 Å². The van der Waals surface area contributed by atoms with Gasteiger partial charge >= 0.3 is 0 Å². The Morgan fingerprint density at radius 3 is 2.38 bits per heavy atom. The van der Waals surface area contributed by atoms with Crippen LogP contribution in [0.2, 0.25) is 0 Å². The van der Waals surface area contributed by atoms with E-state index in [2.05, 4.69) is 29.6 Å². The summed E-state index contributed by atoms with van der Waals surface area (Å²) >= 11 is 0. The van der Waals surface area contributed by atoms with Crippen LogP contribution in [0, 0.1) is 18.7 Å². The van der Waals surface area contributed by atoms with Crippen LogP contribution in [0.5, 0.6) is 0 Å². The van der Waals surface area contributed by atoms with Crippen LogP contribution in [0.25, 0.3) is 0 Å². The van der Waals surface area contributed by atoms with E-state index in [1.807, 2.05) is 20.0 Å². The lowest BCUT2D eigenvalue weighted by atomic mass is 9.90. The van der Waals surface area contributed by atoms with E-state index >= 15 is 0 Å². The van der Waals surface area contributed by atoms with Crippen molar-refractivity contribution < 1.29 is 4.39 Å². The van der Waals surface area contributed by atoms with Crippen LogP contribution in [0.1, 0.15) is 22.3 Å². The molecule has 0 aliphatic heterocycles. The summed E-state index contributed by atoms with van der Waals surface area (Å²) in [5.41, 5.74) is 5.26. The zero-order valence-corrected chi connectivity index (χ0v) is 12.7. The van der Waals surface area contributed by atoms with Crippen LogP contribution in [-0.4, -0.2) is 13.1 Å². The molecule has 0 radical (unpaired) electrons. The number of rotatable bonds is 4. The molecular formula is C19H22FN. The summed E-state index contributed by atoms with van der Waals surface area (Å²) in [6, 6.07) is 14.3. The first-order valence-electron chi connectivity index (χ1n) is 7.66. The maximum Gasteiger partial charge on any atom is 0.123 e. The van der Waals surface area contributed by atoms with Crippen LogP contribution >= 0.6 is 0 Å². The molecule has 1 aliphatic rings. The van der Waals surface area contributed by atoms with Gasteiger partial charge in [-0.1, -0.05) is 30.3 Å². The van der Waals surface area contributed by atoms with Crippen molar-refractivity contribution >= 4 is 0 Å². The molecule has 0 fully saturated rings. The molecular weight excluding hydrogens is 261 g/mol. The molecule has 2 aromatic rings. The number of aryl methyl sites for hydroxylation is 1. The molecule has 0 saturated heterocycles. The summed E-state index contributed by atoms with van der Waals surface area (Å²) in [5, 5.41) is 3.48. The molecule has 1 aliphatic carbocycles. The topological polar surface area (TPSA) is 12.0 Å². The quantitative estimate of drug-likeness (QED) is 0.902. The molecule has 0 amide bonds. The van der Waals surface area contributed by atoms with Crippen molar-refractivity contribution in [2.24, 2.45) is 5.92 Å². The highest BCUT2D eigenvalue weighted by atomic mass is 19.1. The molecule has 0 spiro atoms. The molecule has 0 bridgehead atoms. The number of likely N-dealkylation sites (N-methyl/N-ethyl adjacent to an activating group) is 1. The fraction of sp³-hybridized carbons (Fsp3) is 0.368. The van der Waals surface area contributed by atoms with Gasteiger partial charge in [0.2, 0.25) is 0 Å². The highest BCUT2D eigenvalue weighted by Gasteiger charge is 2.27. The van der Waals surface area contributed by atoms with Gasteiger partial charge in [-0.25, -0.2) is 4.39 Å². The number of fused-ring (bicyclic) bond motifs is 1. The van der Waals surface area contributed by atoms with Crippen molar-refractivity contribution in [2.75, 3.05) is 7.05 Å². The normalized spacial score (nSPS) is 16.0. The fourth-order valence-electron chi connectivity index (χ4n) is 3.51. The molecule has 110 valence electrons. The predicted octanol–water partition coefficient (Wildman–Crippen LogP) is 3.68. The van der Waals surface area contributed by atoms with Crippen molar-refractivity contribution in [3.8, 4) is 0 Å². The van der Waals surface area contributed by atoms with E-state index in [1.165, 1.54) is 16.7 Å². The molecule has 2 aromatic carbocycles. The van der Waals surface area contributed by atoms with Gasteiger partial charge in [0.05, 0.1) is 0 Å². The van der Waals surface area contributed by atoms with Gasteiger partial charge in [0, 0.05) is 6.04 Å². The lowest BCUT2D eigenvalue weighted by Gasteiger charge is -2.24. The summed E-state index contributed by atoms with van der Waals surface area (Å²) in [7, 11) is 2.03. The minimum atomic E-state index is -0.148. The largest absolute Gasteiger partial charge is 0.316 e. The molecule has 0 saturated carbocycles. The number of hydrogen-bond donors (Lipinski definition) is 1. The van der Waals surface area contributed by atoms with Crippen molar-refractivity contribution in [3.05, 3.63) is 70.5 Å². The monoisotopic (exact) mass is 283 g/mol. The van der Waals surface area contributed by atoms with Crippen LogP contribution < -0.4 is 5.32 Å². The summed E-state index contributed by atoms with van der Waals surface area (Å²) in [6.45, 7) is 1.99. The average Bonchev–Trinajstić information content (AvgIpc) is 2.90. The molecule has 1 nitrogen and oxygen atoms in total.